The first-order valence-corrected chi connectivity index (χ1v) is 9.24. The number of nitrogens with two attached hydrogens (primary N) is 2. The molecule has 4 heteroatoms. The lowest BCUT2D eigenvalue weighted by Gasteiger charge is -2.33. The van der Waals surface area contributed by atoms with Crippen molar-refractivity contribution >= 4 is 28.7 Å². The van der Waals surface area contributed by atoms with Crippen LogP contribution in [0, 0.1) is 0 Å². The molecule has 1 aliphatic rings. The Balaban J connectivity index is 1.75. The number of benzene rings is 3. The fourth-order valence-electron chi connectivity index (χ4n) is 3.88. The molecule has 3 aromatic rings. The van der Waals surface area contributed by atoms with E-state index in [2.05, 4.69) is 41.3 Å². The average Bonchev–Trinajstić information content (AvgIpc) is 3.08. The van der Waals surface area contributed by atoms with Gasteiger partial charge in [0.2, 0.25) is 0 Å². The van der Waals surface area contributed by atoms with Crippen molar-refractivity contribution in [2.75, 3.05) is 16.4 Å². The van der Waals surface area contributed by atoms with Crippen LogP contribution in [0.25, 0.3) is 0 Å². The van der Waals surface area contributed by atoms with Crippen LogP contribution in [0.15, 0.2) is 72.8 Å². The van der Waals surface area contributed by atoms with E-state index in [1.165, 1.54) is 16.8 Å². The van der Waals surface area contributed by atoms with Gasteiger partial charge in [-0.05, 0) is 72.5 Å². The van der Waals surface area contributed by atoms with E-state index in [0.29, 0.717) is 12.1 Å². The lowest BCUT2D eigenvalue weighted by molar-refractivity contribution is 0.674. The van der Waals surface area contributed by atoms with Crippen molar-refractivity contribution in [3.63, 3.8) is 0 Å². The Morgan fingerprint density at radius 2 is 1.08 bits per heavy atom. The SMILES string of the molecule is Nc1ccc([C@@H]2CC[C@@H](c3ccc(N)cc3)N2c2ccc(Cl)cc2)cc1. The molecule has 0 aromatic heterocycles. The summed E-state index contributed by atoms with van der Waals surface area (Å²) in [4.78, 5) is 2.49. The van der Waals surface area contributed by atoms with Crippen molar-refractivity contribution in [3.05, 3.63) is 88.9 Å². The predicted octanol–water partition coefficient (Wildman–Crippen LogP) is 5.59. The topological polar surface area (TPSA) is 55.3 Å². The third-order valence-electron chi connectivity index (χ3n) is 5.15. The number of hydrogen-bond donors (Lipinski definition) is 2. The molecule has 2 atom stereocenters. The second-order valence-electron chi connectivity index (χ2n) is 6.83. The van der Waals surface area contributed by atoms with E-state index in [1.54, 1.807) is 0 Å². The maximum absolute atomic E-state index is 6.11. The molecule has 0 saturated carbocycles. The molecule has 0 unspecified atom stereocenters. The maximum atomic E-state index is 6.11. The molecule has 1 saturated heterocycles. The largest absolute Gasteiger partial charge is 0.399 e. The minimum absolute atomic E-state index is 0.305. The zero-order chi connectivity index (χ0) is 18.1. The molecule has 0 aliphatic carbocycles. The fraction of sp³-hybridized carbons (Fsp3) is 0.182. The molecule has 0 bridgehead atoms. The number of anilines is 3. The molecule has 1 aliphatic heterocycles. The van der Waals surface area contributed by atoms with E-state index in [-0.39, 0.29) is 0 Å². The van der Waals surface area contributed by atoms with Gasteiger partial charge < -0.3 is 16.4 Å². The van der Waals surface area contributed by atoms with Gasteiger partial charge in [-0.3, -0.25) is 0 Å². The molecule has 1 fully saturated rings. The first kappa shape index (κ1) is 16.8. The molecule has 26 heavy (non-hydrogen) atoms. The summed E-state index contributed by atoms with van der Waals surface area (Å²) in [5, 5.41) is 0.751. The molecule has 4 N–H and O–H groups in total. The van der Waals surface area contributed by atoms with Crippen LogP contribution in [0.1, 0.15) is 36.1 Å². The highest BCUT2D eigenvalue weighted by atomic mass is 35.5. The van der Waals surface area contributed by atoms with Crippen LogP contribution >= 0.6 is 11.6 Å². The van der Waals surface area contributed by atoms with Crippen LogP contribution in [-0.2, 0) is 0 Å². The summed E-state index contributed by atoms with van der Waals surface area (Å²) in [6, 6.07) is 25.2. The van der Waals surface area contributed by atoms with Gasteiger partial charge in [0.05, 0.1) is 12.1 Å². The predicted molar refractivity (Wildman–Crippen MR) is 110 cm³/mol. The van der Waals surface area contributed by atoms with Crippen LogP contribution < -0.4 is 16.4 Å². The Kier molecular flexibility index (Phi) is 4.48. The smallest absolute Gasteiger partial charge is 0.0549 e. The maximum Gasteiger partial charge on any atom is 0.0549 e. The van der Waals surface area contributed by atoms with E-state index in [4.69, 9.17) is 23.1 Å². The van der Waals surface area contributed by atoms with Crippen molar-refractivity contribution in [3.8, 4) is 0 Å². The lowest BCUT2D eigenvalue weighted by Crippen LogP contribution is -2.26. The molecule has 0 amide bonds. The molecule has 0 spiro atoms. The quantitative estimate of drug-likeness (QED) is 0.596. The van der Waals surface area contributed by atoms with Gasteiger partial charge in [-0.15, -0.1) is 0 Å². The van der Waals surface area contributed by atoms with Crippen LogP contribution in [0.3, 0.4) is 0 Å². The van der Waals surface area contributed by atoms with Gasteiger partial charge in [0.25, 0.3) is 0 Å². The molecule has 132 valence electrons. The van der Waals surface area contributed by atoms with Gasteiger partial charge in [-0.25, -0.2) is 0 Å². The summed E-state index contributed by atoms with van der Waals surface area (Å²) in [6.07, 6.45) is 2.17. The Morgan fingerprint density at radius 3 is 1.50 bits per heavy atom. The fourth-order valence-corrected chi connectivity index (χ4v) is 4.00. The number of nitrogen functional groups attached to an aromatic ring is 2. The molecule has 3 nitrogen and oxygen atoms in total. The number of hydrogen-bond acceptors (Lipinski definition) is 3. The van der Waals surface area contributed by atoms with Gasteiger partial charge in [-0.1, -0.05) is 35.9 Å². The Bertz CT molecular complexity index is 819. The highest BCUT2D eigenvalue weighted by molar-refractivity contribution is 6.30. The van der Waals surface area contributed by atoms with E-state index >= 15 is 0 Å². The van der Waals surface area contributed by atoms with Gasteiger partial charge in [0.1, 0.15) is 0 Å². The monoisotopic (exact) mass is 363 g/mol. The zero-order valence-electron chi connectivity index (χ0n) is 14.5. The summed E-state index contributed by atoms with van der Waals surface area (Å²) < 4.78 is 0. The number of rotatable bonds is 3. The van der Waals surface area contributed by atoms with Crippen molar-refractivity contribution < 1.29 is 0 Å². The minimum Gasteiger partial charge on any atom is -0.399 e. The summed E-state index contributed by atoms with van der Waals surface area (Å²) in [7, 11) is 0. The van der Waals surface area contributed by atoms with Crippen LogP contribution in [0.2, 0.25) is 5.02 Å². The molecular formula is C22H22ClN3. The first-order chi connectivity index (χ1) is 12.6. The molecule has 0 radical (unpaired) electrons. The summed E-state index contributed by atoms with van der Waals surface area (Å²) in [6.45, 7) is 0. The van der Waals surface area contributed by atoms with E-state index in [0.717, 1.165) is 29.2 Å². The van der Waals surface area contributed by atoms with Crippen molar-refractivity contribution in [1.82, 2.24) is 0 Å². The lowest BCUT2D eigenvalue weighted by atomic mass is 10.0. The molecule has 1 heterocycles. The van der Waals surface area contributed by atoms with E-state index in [9.17, 15) is 0 Å². The third kappa shape index (κ3) is 3.23. The van der Waals surface area contributed by atoms with Gasteiger partial charge >= 0.3 is 0 Å². The van der Waals surface area contributed by atoms with Gasteiger partial charge in [0.15, 0.2) is 0 Å². The molecule has 4 rings (SSSR count). The number of halogens is 1. The van der Waals surface area contributed by atoms with Crippen LogP contribution in [-0.4, -0.2) is 0 Å². The van der Waals surface area contributed by atoms with Gasteiger partial charge in [-0.2, -0.15) is 0 Å². The van der Waals surface area contributed by atoms with Crippen molar-refractivity contribution in [1.29, 1.82) is 0 Å². The van der Waals surface area contributed by atoms with Gasteiger partial charge in [0, 0.05) is 22.1 Å². The average molecular weight is 364 g/mol. The second kappa shape index (κ2) is 6.93. The Labute approximate surface area is 159 Å². The highest BCUT2D eigenvalue weighted by Gasteiger charge is 2.35. The summed E-state index contributed by atoms with van der Waals surface area (Å²) >= 11 is 6.11. The first-order valence-electron chi connectivity index (χ1n) is 8.86. The second-order valence-corrected chi connectivity index (χ2v) is 7.26. The normalized spacial score (nSPS) is 19.7. The molecular weight excluding hydrogens is 342 g/mol. The van der Waals surface area contributed by atoms with Crippen molar-refractivity contribution in [2.24, 2.45) is 0 Å². The Morgan fingerprint density at radius 1 is 0.654 bits per heavy atom. The Hall–Kier alpha value is -2.65. The minimum atomic E-state index is 0.305. The molecule has 3 aromatic carbocycles. The van der Waals surface area contributed by atoms with Crippen molar-refractivity contribution in [2.45, 2.75) is 24.9 Å². The third-order valence-corrected chi connectivity index (χ3v) is 5.40. The van der Waals surface area contributed by atoms with Crippen LogP contribution in [0.5, 0.6) is 0 Å². The van der Waals surface area contributed by atoms with Crippen LogP contribution in [0.4, 0.5) is 17.1 Å². The number of nitrogens with zero attached hydrogens (tertiary/aromatic N) is 1. The standard InChI is InChI=1S/C22H22ClN3/c23-17-5-11-20(12-6-17)26-21(15-1-7-18(24)8-2-15)13-14-22(26)16-3-9-19(25)10-4-16/h1-12,21-22H,13-14,24-25H2/t21-,22-/m0/s1. The zero-order valence-corrected chi connectivity index (χ0v) is 15.2. The van der Waals surface area contributed by atoms with E-state index < -0.39 is 0 Å². The van der Waals surface area contributed by atoms with E-state index in [1.807, 2.05) is 36.4 Å². The summed E-state index contributed by atoms with van der Waals surface area (Å²) in [5.74, 6) is 0. The highest BCUT2D eigenvalue weighted by Crippen LogP contribution is 2.47. The summed E-state index contributed by atoms with van der Waals surface area (Å²) in [5.41, 5.74) is 17.1.